The molecule has 2 heterocycles. The van der Waals surface area contributed by atoms with Gasteiger partial charge in [-0.15, -0.1) is 9.42 Å². The van der Waals surface area contributed by atoms with E-state index in [0.717, 1.165) is 10.8 Å². The summed E-state index contributed by atoms with van der Waals surface area (Å²) in [7, 11) is -3.01. The van der Waals surface area contributed by atoms with Crippen molar-refractivity contribution in [3.8, 4) is 11.8 Å². The van der Waals surface area contributed by atoms with E-state index in [1.54, 1.807) is 0 Å². The predicted octanol–water partition coefficient (Wildman–Crippen LogP) is -1.10. The molecule has 0 saturated carbocycles. The summed E-state index contributed by atoms with van der Waals surface area (Å²) < 4.78 is 64.0. The summed E-state index contributed by atoms with van der Waals surface area (Å²) in [6.45, 7) is -0.714. The van der Waals surface area contributed by atoms with Gasteiger partial charge in [-0.2, -0.15) is 13.2 Å². The van der Waals surface area contributed by atoms with Crippen LogP contribution in [-0.2, 0) is 23.4 Å². The number of carbonyl (C=O) groups is 1. The molecule has 4 N–H and O–H groups in total. The Bertz CT molecular complexity index is 1050. The van der Waals surface area contributed by atoms with Crippen LogP contribution in [-0.4, -0.2) is 69.7 Å². The maximum Gasteiger partial charge on any atom is 0.694 e. The predicted molar refractivity (Wildman–Crippen MR) is 98.4 cm³/mol. The maximum absolute atomic E-state index is 12.3. The van der Waals surface area contributed by atoms with Crippen molar-refractivity contribution in [1.82, 2.24) is 14.9 Å². The van der Waals surface area contributed by atoms with E-state index in [1.165, 1.54) is 12.2 Å². The summed E-state index contributed by atoms with van der Waals surface area (Å²) in [6, 6.07) is 0. The molecular formula is C16H18F3N3O9P+. The first-order chi connectivity index (χ1) is 14.9. The molecule has 16 heteroatoms. The van der Waals surface area contributed by atoms with Gasteiger partial charge in [-0.3, -0.25) is 19.1 Å². The van der Waals surface area contributed by atoms with Crippen molar-refractivity contribution in [2.75, 3.05) is 26.4 Å². The maximum atomic E-state index is 12.3. The second-order valence-corrected chi connectivity index (χ2v) is 7.30. The number of aromatic nitrogens is 2. The number of ether oxygens (including phenoxy) is 2. The number of aliphatic hydroxyl groups excluding tert-OH is 1. The summed E-state index contributed by atoms with van der Waals surface area (Å²) in [5.41, 5.74) is -3.83. The number of carbonyl (C=O) groups excluding carboxylic acids is 1. The number of hydrogen-bond donors (Lipinski definition) is 4. The molecule has 0 radical (unpaired) electrons. The van der Waals surface area contributed by atoms with Crippen molar-refractivity contribution in [3.63, 3.8) is 0 Å². The summed E-state index contributed by atoms with van der Waals surface area (Å²) in [5.74, 6) is 2.19. The standard InChI is InChI=1S/C16H17F3N3O9P/c1-9-12(31-15(6-23,7-29-9)8-30-32(27)28)22-5-10(11(24)21-14(22)26)3-2-4-20-13(25)16(17,18)19/h5,9,12,23H,4,6-8H2,1H3,(H2-,20,21,24,25,26,27,28)/p+1. The van der Waals surface area contributed by atoms with Crippen LogP contribution in [0.1, 0.15) is 18.7 Å². The Morgan fingerprint density at radius 2 is 2.19 bits per heavy atom. The molecule has 0 bridgehead atoms. The number of halogens is 3. The zero-order valence-corrected chi connectivity index (χ0v) is 17.2. The lowest BCUT2D eigenvalue weighted by molar-refractivity contribution is -0.271. The molecule has 176 valence electrons. The monoisotopic (exact) mass is 484 g/mol. The third kappa shape index (κ3) is 6.45. The number of rotatable bonds is 6. The van der Waals surface area contributed by atoms with Crippen LogP contribution in [0.25, 0.3) is 0 Å². The van der Waals surface area contributed by atoms with Crippen molar-refractivity contribution < 1.29 is 46.5 Å². The lowest BCUT2D eigenvalue weighted by atomic mass is 10.1. The van der Waals surface area contributed by atoms with Crippen LogP contribution in [0.15, 0.2) is 15.8 Å². The van der Waals surface area contributed by atoms with E-state index >= 15 is 0 Å². The van der Waals surface area contributed by atoms with Gasteiger partial charge in [-0.1, -0.05) is 11.8 Å². The first kappa shape index (κ1) is 25.7. The number of nitrogens with one attached hydrogen (secondary N) is 2. The Hall–Kier alpha value is -2.60. The Balaban J connectivity index is 2.28. The molecule has 1 aromatic heterocycles. The van der Waals surface area contributed by atoms with Crippen molar-refractivity contribution in [2.24, 2.45) is 0 Å². The van der Waals surface area contributed by atoms with Gasteiger partial charge in [0.15, 0.2) is 6.23 Å². The molecule has 0 aliphatic carbocycles. The first-order valence-electron chi connectivity index (χ1n) is 8.77. The summed E-state index contributed by atoms with van der Waals surface area (Å²) in [4.78, 5) is 45.8. The molecule has 0 spiro atoms. The van der Waals surface area contributed by atoms with Crippen molar-refractivity contribution in [3.05, 3.63) is 32.6 Å². The molecule has 1 aliphatic rings. The van der Waals surface area contributed by atoms with Crippen LogP contribution in [0.5, 0.6) is 0 Å². The Labute approximate surface area is 178 Å². The molecule has 0 aromatic carbocycles. The second kappa shape index (κ2) is 10.3. The SMILES string of the molecule is CC1OCC(CO)(CO[P+](=O)O)OC1n1cc(C#CCNC(=O)C(F)(F)F)c(=O)[nH]c1=O. The minimum absolute atomic E-state index is 0.242. The molecule has 4 unspecified atom stereocenters. The average molecular weight is 484 g/mol. The van der Waals surface area contributed by atoms with Gasteiger partial charge in [0.1, 0.15) is 23.9 Å². The minimum Gasteiger partial charge on any atom is -0.393 e. The Morgan fingerprint density at radius 1 is 1.50 bits per heavy atom. The number of amides is 1. The van der Waals surface area contributed by atoms with Crippen LogP contribution >= 0.6 is 8.25 Å². The van der Waals surface area contributed by atoms with Crippen molar-refractivity contribution >= 4 is 14.2 Å². The normalized spacial score (nSPS) is 23.8. The summed E-state index contributed by atoms with van der Waals surface area (Å²) in [6.07, 6.45) is -6.17. The quantitative estimate of drug-likeness (QED) is 0.289. The van der Waals surface area contributed by atoms with Crippen molar-refractivity contribution in [1.29, 1.82) is 0 Å². The summed E-state index contributed by atoms with van der Waals surface area (Å²) >= 11 is 0. The number of alkyl halides is 3. The molecule has 1 aromatic rings. The van der Waals surface area contributed by atoms with E-state index < -0.39 is 69.3 Å². The van der Waals surface area contributed by atoms with Gasteiger partial charge in [0, 0.05) is 10.8 Å². The topological polar surface area (TPSA) is 169 Å². The van der Waals surface area contributed by atoms with E-state index in [0.29, 0.717) is 0 Å². The lowest BCUT2D eigenvalue weighted by Gasteiger charge is -2.41. The van der Waals surface area contributed by atoms with Crippen molar-refractivity contribution in [2.45, 2.75) is 31.0 Å². The molecule has 12 nitrogen and oxygen atoms in total. The lowest BCUT2D eigenvalue weighted by Crippen LogP contribution is -2.55. The Morgan fingerprint density at radius 3 is 2.78 bits per heavy atom. The highest BCUT2D eigenvalue weighted by molar-refractivity contribution is 7.32. The molecule has 2 rings (SSSR count). The van der Waals surface area contributed by atoms with Crippen LogP contribution in [0, 0.1) is 11.8 Å². The van der Waals surface area contributed by atoms with Gasteiger partial charge in [-0.05, 0) is 6.92 Å². The van der Waals surface area contributed by atoms with Gasteiger partial charge >= 0.3 is 26.0 Å². The molecule has 1 aliphatic heterocycles. The fourth-order valence-corrected chi connectivity index (χ4v) is 2.88. The van der Waals surface area contributed by atoms with Crippen LogP contribution in [0.4, 0.5) is 13.2 Å². The number of hydrogen-bond acceptors (Lipinski definition) is 8. The fourth-order valence-electron chi connectivity index (χ4n) is 2.54. The Kier molecular flexibility index (Phi) is 8.29. The smallest absolute Gasteiger partial charge is 0.393 e. The second-order valence-electron chi connectivity index (χ2n) is 6.57. The van der Waals surface area contributed by atoms with Gasteiger partial charge < -0.3 is 19.9 Å². The highest BCUT2D eigenvalue weighted by atomic mass is 31.1. The molecule has 1 fully saturated rings. The molecule has 4 atom stereocenters. The molecule has 32 heavy (non-hydrogen) atoms. The van der Waals surface area contributed by atoms with Gasteiger partial charge in [0.05, 0.1) is 19.8 Å². The van der Waals surface area contributed by atoms with E-state index in [1.807, 2.05) is 4.98 Å². The van der Waals surface area contributed by atoms with E-state index in [2.05, 4.69) is 16.4 Å². The van der Waals surface area contributed by atoms with E-state index in [9.17, 15) is 37.2 Å². The zero-order valence-electron chi connectivity index (χ0n) is 16.3. The number of aliphatic hydroxyl groups is 1. The number of nitrogens with zero attached hydrogens (tertiary/aromatic N) is 1. The number of H-pyrrole nitrogens is 1. The van der Waals surface area contributed by atoms with Gasteiger partial charge in [0.25, 0.3) is 5.56 Å². The van der Waals surface area contributed by atoms with Gasteiger partial charge in [0.2, 0.25) is 0 Å². The highest BCUT2D eigenvalue weighted by Crippen LogP contribution is 2.32. The van der Waals surface area contributed by atoms with Crippen LogP contribution < -0.4 is 16.6 Å². The fraction of sp³-hybridized carbons (Fsp3) is 0.562. The third-order valence-corrected chi connectivity index (χ3v) is 4.52. The molecular weight excluding hydrogens is 466 g/mol. The molecule has 1 amide bonds. The third-order valence-electron chi connectivity index (χ3n) is 4.17. The number of aromatic amines is 1. The largest absolute Gasteiger partial charge is 0.694 e. The zero-order chi connectivity index (χ0) is 24.1. The van der Waals surface area contributed by atoms with E-state index in [-0.39, 0.29) is 12.2 Å². The van der Waals surface area contributed by atoms with Crippen LogP contribution in [0.3, 0.4) is 0 Å². The molecule has 1 saturated heterocycles. The first-order valence-corrected chi connectivity index (χ1v) is 9.90. The average Bonchev–Trinajstić information content (AvgIpc) is 2.71. The highest BCUT2D eigenvalue weighted by Gasteiger charge is 2.45. The van der Waals surface area contributed by atoms with Crippen LogP contribution in [0.2, 0.25) is 0 Å². The summed E-state index contributed by atoms with van der Waals surface area (Å²) in [5, 5.41) is 11.2. The minimum atomic E-state index is -5.09. The van der Waals surface area contributed by atoms with Gasteiger partial charge in [-0.25, -0.2) is 4.79 Å². The van der Waals surface area contributed by atoms with E-state index in [4.69, 9.17) is 14.4 Å².